The summed E-state index contributed by atoms with van der Waals surface area (Å²) in [5.74, 6) is -3.61. The van der Waals surface area contributed by atoms with Crippen LogP contribution in [-0.4, -0.2) is 42.1 Å². The van der Waals surface area contributed by atoms with Gasteiger partial charge >= 0.3 is 0 Å². The molecule has 0 aliphatic carbocycles. The van der Waals surface area contributed by atoms with Crippen molar-refractivity contribution < 1.29 is 27.2 Å². The zero-order valence-electron chi connectivity index (χ0n) is 20.5. The van der Waals surface area contributed by atoms with E-state index in [0.717, 1.165) is 22.9 Å². The number of amides is 2. The molecule has 1 saturated heterocycles. The summed E-state index contributed by atoms with van der Waals surface area (Å²) in [6.07, 6.45) is -2.08. The summed E-state index contributed by atoms with van der Waals surface area (Å²) in [7, 11) is 1.32. The van der Waals surface area contributed by atoms with E-state index in [9.17, 15) is 27.6 Å². The van der Waals surface area contributed by atoms with E-state index in [0.29, 0.717) is 31.4 Å². The summed E-state index contributed by atoms with van der Waals surface area (Å²) < 4.78 is 58.1. The number of anilines is 2. The predicted molar refractivity (Wildman–Crippen MR) is 135 cm³/mol. The molecule has 4 rings (SSSR count). The number of nitrogens with one attached hydrogen (secondary N) is 2. The monoisotopic (exact) mass is 531 g/mol. The van der Waals surface area contributed by atoms with Crippen LogP contribution in [0.1, 0.15) is 39.6 Å². The first-order valence-corrected chi connectivity index (χ1v) is 11.7. The number of nitrogens with two attached hydrogens (primary N) is 1. The van der Waals surface area contributed by atoms with Crippen molar-refractivity contribution in [2.45, 2.75) is 19.4 Å². The number of halogens is 4. The Morgan fingerprint density at radius 3 is 2.47 bits per heavy atom. The average Bonchev–Trinajstić information content (AvgIpc) is 2.85. The second kappa shape index (κ2) is 10.7. The lowest BCUT2D eigenvalue weighted by Crippen LogP contribution is -2.49. The molecule has 2 amide bonds. The van der Waals surface area contributed by atoms with E-state index in [4.69, 9.17) is 5.73 Å². The van der Waals surface area contributed by atoms with Gasteiger partial charge in [0, 0.05) is 56.1 Å². The molecule has 2 heterocycles. The van der Waals surface area contributed by atoms with Crippen LogP contribution in [0.5, 0.6) is 0 Å². The Labute approximate surface area is 215 Å². The van der Waals surface area contributed by atoms with Gasteiger partial charge in [0.25, 0.3) is 23.8 Å². The first-order chi connectivity index (χ1) is 18.0. The highest BCUT2D eigenvalue weighted by atomic mass is 19.3. The van der Waals surface area contributed by atoms with Crippen LogP contribution in [0, 0.1) is 11.6 Å². The number of rotatable bonds is 6. The fraction of sp³-hybridized carbons (Fsp3) is 0.269. The Balaban J connectivity index is 1.83. The highest BCUT2D eigenvalue weighted by molar-refractivity contribution is 6.07. The minimum Gasteiger partial charge on any atom is -0.367 e. The van der Waals surface area contributed by atoms with Gasteiger partial charge in [-0.05, 0) is 36.8 Å². The molecule has 38 heavy (non-hydrogen) atoms. The number of primary amides is 1. The summed E-state index contributed by atoms with van der Waals surface area (Å²) in [6, 6.07) is 6.56. The van der Waals surface area contributed by atoms with E-state index in [1.54, 1.807) is 0 Å². The van der Waals surface area contributed by atoms with Crippen LogP contribution >= 0.6 is 0 Å². The van der Waals surface area contributed by atoms with Crippen molar-refractivity contribution in [3.8, 4) is 11.1 Å². The highest BCUT2D eigenvalue weighted by Crippen LogP contribution is 2.36. The molecule has 4 N–H and O–H groups in total. The number of nitrogens with zero attached hydrogens (tertiary/aromatic N) is 2. The summed E-state index contributed by atoms with van der Waals surface area (Å²) in [5.41, 5.74) is 3.25. The van der Waals surface area contributed by atoms with E-state index >= 15 is 4.39 Å². The fourth-order valence-electron chi connectivity index (χ4n) is 4.38. The van der Waals surface area contributed by atoms with Crippen LogP contribution in [0.2, 0.25) is 0 Å². The van der Waals surface area contributed by atoms with Gasteiger partial charge in [0.15, 0.2) is 0 Å². The van der Waals surface area contributed by atoms with Gasteiger partial charge in [-0.2, -0.15) is 0 Å². The van der Waals surface area contributed by atoms with Crippen LogP contribution in [-0.2, 0) is 7.05 Å². The number of pyridine rings is 1. The topological polar surface area (TPSA) is 109 Å². The summed E-state index contributed by atoms with van der Waals surface area (Å²) in [6.45, 7) is 3.44. The lowest BCUT2D eigenvalue weighted by atomic mass is 10.00. The molecule has 0 spiro atoms. The van der Waals surface area contributed by atoms with Gasteiger partial charge in [-0.15, -0.1) is 0 Å². The highest BCUT2D eigenvalue weighted by Gasteiger charge is 2.25. The Morgan fingerprint density at radius 2 is 1.84 bits per heavy atom. The second-order valence-electron chi connectivity index (χ2n) is 9.06. The smallest absolute Gasteiger partial charge is 0.264 e. The maximum Gasteiger partial charge on any atom is 0.264 e. The Kier molecular flexibility index (Phi) is 7.53. The van der Waals surface area contributed by atoms with Gasteiger partial charge in [-0.1, -0.05) is 6.07 Å². The van der Waals surface area contributed by atoms with Gasteiger partial charge in [0.2, 0.25) is 0 Å². The van der Waals surface area contributed by atoms with E-state index < -0.39 is 46.6 Å². The number of aromatic nitrogens is 1. The van der Waals surface area contributed by atoms with Crippen molar-refractivity contribution in [1.29, 1.82) is 0 Å². The molecule has 1 aliphatic heterocycles. The quantitative estimate of drug-likeness (QED) is 0.423. The van der Waals surface area contributed by atoms with Crippen LogP contribution in [0.4, 0.5) is 28.9 Å². The average molecular weight is 532 g/mol. The standard InChI is InChI=1S/C26H25F4N5O3/c1-13-11-35(6-5-32-13)22-10-20(28)16(14-3-4-15(25(31)37)19(27)7-14)8-21(22)33-26(38)18-12-34(2)23(36)9-17(18)24(29)30/h3-4,7-10,12-13,24,32H,5-6,11H2,1-2H3,(H2,31,37)(H,33,38)/t13-/m0/s1. The van der Waals surface area contributed by atoms with Crippen molar-refractivity contribution >= 4 is 23.2 Å². The SMILES string of the molecule is C[C@H]1CN(c2cc(F)c(-c3ccc(C(N)=O)c(F)c3)cc2NC(=O)c2cn(C)c(=O)cc2C(F)F)CCN1. The molecule has 12 heteroatoms. The normalized spacial score (nSPS) is 15.6. The number of alkyl halides is 2. The second-order valence-corrected chi connectivity index (χ2v) is 9.06. The molecule has 0 bridgehead atoms. The molecule has 1 aliphatic rings. The predicted octanol–water partition coefficient (Wildman–Crippen LogP) is 3.42. The maximum atomic E-state index is 15.4. The molecule has 0 radical (unpaired) electrons. The molecule has 1 atom stereocenters. The number of hydrogen-bond donors (Lipinski definition) is 3. The molecule has 0 unspecified atom stereocenters. The molecule has 1 fully saturated rings. The Bertz CT molecular complexity index is 1470. The third-order valence-corrected chi connectivity index (χ3v) is 6.33. The number of hydrogen-bond acceptors (Lipinski definition) is 5. The zero-order chi connectivity index (χ0) is 27.7. The zero-order valence-corrected chi connectivity index (χ0v) is 20.5. The first kappa shape index (κ1) is 26.9. The van der Waals surface area contributed by atoms with Crippen molar-refractivity contribution in [3.05, 3.63) is 81.3 Å². The number of carbonyl (C=O) groups excluding carboxylic acids is 2. The van der Waals surface area contributed by atoms with Crippen LogP contribution in [0.3, 0.4) is 0 Å². The van der Waals surface area contributed by atoms with Crippen molar-refractivity contribution in [2.75, 3.05) is 29.9 Å². The lowest BCUT2D eigenvalue weighted by Gasteiger charge is -2.35. The van der Waals surface area contributed by atoms with Gasteiger partial charge in [-0.25, -0.2) is 17.6 Å². The molecule has 200 valence electrons. The summed E-state index contributed by atoms with van der Waals surface area (Å²) >= 11 is 0. The summed E-state index contributed by atoms with van der Waals surface area (Å²) in [5, 5.41) is 5.83. The first-order valence-electron chi connectivity index (χ1n) is 11.7. The minimum absolute atomic E-state index is 0.0413. The molecule has 0 saturated carbocycles. The van der Waals surface area contributed by atoms with Gasteiger partial charge < -0.3 is 25.8 Å². The molecular weight excluding hydrogens is 506 g/mol. The van der Waals surface area contributed by atoms with Crippen LogP contribution in [0.15, 0.2) is 47.4 Å². The van der Waals surface area contributed by atoms with Crippen molar-refractivity contribution in [3.63, 3.8) is 0 Å². The van der Waals surface area contributed by atoms with E-state index in [2.05, 4.69) is 10.6 Å². The van der Waals surface area contributed by atoms with Gasteiger partial charge in [0.1, 0.15) is 11.6 Å². The largest absolute Gasteiger partial charge is 0.367 e. The molecule has 2 aromatic carbocycles. The third-order valence-electron chi connectivity index (χ3n) is 6.33. The molecule has 3 aromatic rings. The van der Waals surface area contributed by atoms with E-state index in [-0.39, 0.29) is 28.4 Å². The minimum atomic E-state index is -3.09. The van der Waals surface area contributed by atoms with Crippen molar-refractivity contribution in [2.24, 2.45) is 12.8 Å². The third kappa shape index (κ3) is 5.40. The lowest BCUT2D eigenvalue weighted by molar-refractivity contribution is 0.0992. The Hall–Kier alpha value is -4.19. The molecular formula is C26H25F4N5O3. The van der Waals surface area contributed by atoms with Gasteiger partial charge in [0.05, 0.1) is 22.5 Å². The van der Waals surface area contributed by atoms with E-state index in [1.165, 1.54) is 25.2 Å². The Morgan fingerprint density at radius 1 is 1.11 bits per heavy atom. The number of benzene rings is 2. The molecule has 8 nitrogen and oxygen atoms in total. The number of carbonyl (C=O) groups is 2. The van der Waals surface area contributed by atoms with Gasteiger partial charge in [-0.3, -0.25) is 14.4 Å². The van der Waals surface area contributed by atoms with Crippen LogP contribution < -0.4 is 26.8 Å². The van der Waals surface area contributed by atoms with Crippen molar-refractivity contribution in [1.82, 2.24) is 9.88 Å². The molecule has 1 aromatic heterocycles. The number of aryl methyl sites for hydroxylation is 1. The number of piperazine rings is 1. The van der Waals surface area contributed by atoms with Crippen LogP contribution in [0.25, 0.3) is 11.1 Å². The maximum absolute atomic E-state index is 15.4. The summed E-state index contributed by atoms with van der Waals surface area (Å²) in [4.78, 5) is 38.3. The van der Waals surface area contributed by atoms with E-state index in [1.807, 2.05) is 11.8 Å². The fourth-order valence-corrected chi connectivity index (χ4v) is 4.38.